The van der Waals surface area contributed by atoms with E-state index < -0.39 is 11.8 Å². The van der Waals surface area contributed by atoms with Gasteiger partial charge in [-0.25, -0.2) is 4.98 Å². The van der Waals surface area contributed by atoms with Gasteiger partial charge in [0.2, 0.25) is 0 Å². The van der Waals surface area contributed by atoms with Crippen molar-refractivity contribution in [1.82, 2.24) is 9.88 Å². The zero-order valence-electron chi connectivity index (χ0n) is 16.3. The highest BCUT2D eigenvalue weighted by atomic mass is 16.2. The van der Waals surface area contributed by atoms with Gasteiger partial charge in [0, 0.05) is 12.6 Å². The standard InChI is InChI=1S/C21H30N4O2/c1-13-4-5-17(15-9-21(10-15)6-3-7-21)25(12-13)20(27)19(26)24-16-8-14(2)18(22)23-11-16/h8,11,13,15,17H,3-7,9-10,12H2,1-2H3,(H2,22,23)(H,24,26)/t13-,17+/m0/s1. The molecule has 0 radical (unpaired) electrons. The first kappa shape index (κ1) is 18.3. The Labute approximate surface area is 160 Å². The Morgan fingerprint density at radius 2 is 2.04 bits per heavy atom. The number of nitrogens with zero attached hydrogens (tertiary/aromatic N) is 2. The molecular weight excluding hydrogens is 340 g/mol. The first-order valence-corrected chi connectivity index (χ1v) is 10.2. The van der Waals surface area contributed by atoms with Gasteiger partial charge in [-0.05, 0) is 74.3 Å². The normalized spacial score (nSPS) is 27.0. The number of aryl methyl sites for hydroxylation is 1. The number of piperidine rings is 1. The number of anilines is 2. The van der Waals surface area contributed by atoms with Crippen LogP contribution in [0, 0.1) is 24.2 Å². The predicted molar refractivity (Wildman–Crippen MR) is 105 cm³/mol. The molecule has 3 aliphatic rings. The highest BCUT2D eigenvalue weighted by Gasteiger charge is 2.52. The Morgan fingerprint density at radius 3 is 2.67 bits per heavy atom. The van der Waals surface area contributed by atoms with E-state index in [0.717, 1.165) is 18.4 Å². The lowest BCUT2D eigenvalue weighted by atomic mass is 9.50. The molecule has 4 rings (SSSR count). The average Bonchev–Trinajstić information content (AvgIpc) is 2.56. The predicted octanol–water partition coefficient (Wildman–Crippen LogP) is 3.12. The molecule has 2 heterocycles. The molecule has 3 fully saturated rings. The molecule has 146 valence electrons. The average molecular weight is 370 g/mol. The molecule has 27 heavy (non-hydrogen) atoms. The summed E-state index contributed by atoms with van der Waals surface area (Å²) in [7, 11) is 0. The Morgan fingerprint density at radius 1 is 1.30 bits per heavy atom. The number of aromatic nitrogens is 1. The summed E-state index contributed by atoms with van der Waals surface area (Å²) in [5.41, 5.74) is 7.60. The zero-order valence-corrected chi connectivity index (χ0v) is 16.3. The fourth-order valence-electron chi connectivity index (χ4n) is 5.28. The van der Waals surface area contributed by atoms with E-state index in [1.165, 1.54) is 38.3 Å². The third kappa shape index (κ3) is 3.42. The van der Waals surface area contributed by atoms with Gasteiger partial charge in [0.15, 0.2) is 0 Å². The molecule has 0 unspecified atom stereocenters. The Kier molecular flexibility index (Phi) is 4.60. The third-order valence-corrected chi connectivity index (χ3v) is 7.04. The fourth-order valence-corrected chi connectivity index (χ4v) is 5.28. The van der Waals surface area contributed by atoms with E-state index in [1.54, 1.807) is 6.07 Å². The molecule has 2 saturated carbocycles. The van der Waals surface area contributed by atoms with Crippen LogP contribution in [-0.2, 0) is 9.59 Å². The van der Waals surface area contributed by atoms with Crippen molar-refractivity contribution in [1.29, 1.82) is 0 Å². The van der Waals surface area contributed by atoms with Crippen LogP contribution in [0.25, 0.3) is 0 Å². The van der Waals surface area contributed by atoms with E-state index in [2.05, 4.69) is 17.2 Å². The fraction of sp³-hybridized carbons (Fsp3) is 0.667. The van der Waals surface area contributed by atoms with Crippen LogP contribution in [0.3, 0.4) is 0 Å². The molecule has 0 bridgehead atoms. The number of carbonyl (C=O) groups is 2. The lowest BCUT2D eigenvalue weighted by Gasteiger charge is -2.58. The molecule has 2 atom stereocenters. The summed E-state index contributed by atoms with van der Waals surface area (Å²) >= 11 is 0. The topological polar surface area (TPSA) is 88.3 Å². The van der Waals surface area contributed by atoms with Crippen molar-refractivity contribution in [2.75, 3.05) is 17.6 Å². The maximum absolute atomic E-state index is 13.0. The van der Waals surface area contributed by atoms with E-state index in [9.17, 15) is 9.59 Å². The smallest absolute Gasteiger partial charge is 0.313 e. The van der Waals surface area contributed by atoms with E-state index in [-0.39, 0.29) is 6.04 Å². The molecule has 2 amide bonds. The van der Waals surface area contributed by atoms with E-state index in [4.69, 9.17) is 5.73 Å². The zero-order chi connectivity index (χ0) is 19.2. The maximum Gasteiger partial charge on any atom is 0.313 e. The molecule has 1 aromatic heterocycles. The van der Waals surface area contributed by atoms with E-state index >= 15 is 0 Å². The van der Waals surface area contributed by atoms with Crippen LogP contribution in [-0.4, -0.2) is 34.3 Å². The van der Waals surface area contributed by atoms with Crippen LogP contribution in [0.4, 0.5) is 11.5 Å². The maximum atomic E-state index is 13.0. The lowest BCUT2D eigenvalue weighted by Crippen LogP contribution is -2.58. The number of nitrogens with two attached hydrogens (primary N) is 1. The van der Waals surface area contributed by atoms with Crippen molar-refractivity contribution < 1.29 is 9.59 Å². The van der Waals surface area contributed by atoms with Gasteiger partial charge in [-0.1, -0.05) is 13.3 Å². The van der Waals surface area contributed by atoms with E-state index in [0.29, 0.717) is 35.3 Å². The summed E-state index contributed by atoms with van der Waals surface area (Å²) in [4.78, 5) is 31.5. The summed E-state index contributed by atoms with van der Waals surface area (Å²) in [5.74, 6) is 0.457. The molecule has 1 spiro atoms. The minimum atomic E-state index is -0.572. The van der Waals surface area contributed by atoms with Gasteiger partial charge >= 0.3 is 11.8 Å². The summed E-state index contributed by atoms with van der Waals surface area (Å²) in [6.07, 6.45) is 10.2. The minimum Gasteiger partial charge on any atom is -0.383 e. The summed E-state index contributed by atoms with van der Waals surface area (Å²) in [6, 6.07) is 1.97. The molecular formula is C21H30N4O2. The van der Waals surface area contributed by atoms with Gasteiger partial charge in [-0.2, -0.15) is 0 Å². The second-order valence-electron chi connectivity index (χ2n) is 9.11. The van der Waals surface area contributed by atoms with Gasteiger partial charge in [-0.15, -0.1) is 0 Å². The molecule has 0 aromatic carbocycles. The van der Waals surface area contributed by atoms with Crippen LogP contribution in [0.1, 0.15) is 57.4 Å². The first-order valence-electron chi connectivity index (χ1n) is 10.2. The van der Waals surface area contributed by atoms with Crippen molar-refractivity contribution in [2.24, 2.45) is 17.3 Å². The minimum absolute atomic E-state index is 0.219. The second kappa shape index (κ2) is 6.80. The Balaban J connectivity index is 1.43. The summed E-state index contributed by atoms with van der Waals surface area (Å²) in [6.45, 7) is 4.67. The number of nitrogen functional groups attached to an aromatic ring is 1. The number of pyridine rings is 1. The highest BCUT2D eigenvalue weighted by Crippen LogP contribution is 2.60. The summed E-state index contributed by atoms with van der Waals surface area (Å²) < 4.78 is 0. The number of hydrogen-bond acceptors (Lipinski definition) is 4. The largest absolute Gasteiger partial charge is 0.383 e. The Bertz CT molecular complexity index is 751. The first-order chi connectivity index (χ1) is 12.9. The second-order valence-corrected chi connectivity index (χ2v) is 9.11. The van der Waals surface area contributed by atoms with Crippen molar-refractivity contribution in [3.05, 3.63) is 17.8 Å². The summed E-state index contributed by atoms with van der Waals surface area (Å²) in [5, 5.41) is 2.71. The number of hydrogen-bond donors (Lipinski definition) is 2. The Hall–Kier alpha value is -2.11. The SMILES string of the molecule is Cc1cc(NC(=O)C(=O)N2C[C@@H](C)CC[C@@H]2C2CC3(CCC3)C2)cnc1N. The number of nitrogens with one attached hydrogen (secondary N) is 1. The highest BCUT2D eigenvalue weighted by molar-refractivity contribution is 6.39. The lowest BCUT2D eigenvalue weighted by molar-refractivity contribution is -0.151. The van der Waals surface area contributed by atoms with Crippen molar-refractivity contribution in [3.63, 3.8) is 0 Å². The quantitative estimate of drug-likeness (QED) is 0.783. The number of likely N-dealkylation sites (tertiary alicyclic amines) is 1. The number of amides is 2. The van der Waals surface area contributed by atoms with Gasteiger partial charge < -0.3 is 16.0 Å². The van der Waals surface area contributed by atoms with Crippen LogP contribution in [0.5, 0.6) is 0 Å². The van der Waals surface area contributed by atoms with Crippen LogP contribution in [0.2, 0.25) is 0 Å². The number of carbonyl (C=O) groups excluding carboxylic acids is 2. The van der Waals surface area contributed by atoms with Crippen molar-refractivity contribution in [2.45, 2.75) is 64.8 Å². The van der Waals surface area contributed by atoms with Gasteiger partial charge in [0.05, 0.1) is 11.9 Å². The van der Waals surface area contributed by atoms with E-state index in [1.807, 2.05) is 11.8 Å². The van der Waals surface area contributed by atoms with Crippen LogP contribution < -0.4 is 11.1 Å². The molecule has 3 N–H and O–H groups in total. The molecule has 1 aromatic rings. The molecule has 1 aliphatic heterocycles. The third-order valence-electron chi connectivity index (χ3n) is 7.04. The number of rotatable bonds is 2. The van der Waals surface area contributed by atoms with Gasteiger partial charge in [0.25, 0.3) is 0 Å². The molecule has 6 heteroatoms. The van der Waals surface area contributed by atoms with Crippen molar-refractivity contribution in [3.8, 4) is 0 Å². The molecule has 2 aliphatic carbocycles. The van der Waals surface area contributed by atoms with Crippen LogP contribution >= 0.6 is 0 Å². The monoisotopic (exact) mass is 370 g/mol. The van der Waals surface area contributed by atoms with Crippen LogP contribution in [0.15, 0.2) is 12.3 Å². The molecule has 6 nitrogen and oxygen atoms in total. The van der Waals surface area contributed by atoms with Gasteiger partial charge in [0.1, 0.15) is 5.82 Å². The van der Waals surface area contributed by atoms with Gasteiger partial charge in [-0.3, -0.25) is 9.59 Å². The van der Waals surface area contributed by atoms with Crippen molar-refractivity contribution >= 4 is 23.3 Å². The molecule has 1 saturated heterocycles.